The molecule has 19 heavy (non-hydrogen) atoms. The van der Waals surface area contributed by atoms with Gasteiger partial charge in [-0.25, -0.2) is 0 Å². The summed E-state index contributed by atoms with van der Waals surface area (Å²) in [4.78, 5) is 2.22. The fraction of sp³-hybridized carbons (Fsp3) is 0.222. The molecule has 1 nitrogen and oxygen atoms in total. The molecule has 0 aliphatic carbocycles. The van der Waals surface area contributed by atoms with E-state index in [4.69, 9.17) is 0 Å². The van der Waals surface area contributed by atoms with E-state index in [-0.39, 0.29) is 5.41 Å². The number of fused-ring (bicyclic) bond motifs is 1. The van der Waals surface area contributed by atoms with Gasteiger partial charge in [-0.15, -0.1) is 0 Å². The molecule has 0 saturated carbocycles. The zero-order valence-corrected chi connectivity index (χ0v) is 12.0. The molecule has 1 aliphatic heterocycles. The lowest BCUT2D eigenvalue weighted by molar-refractivity contribution is 0.609. The van der Waals surface area contributed by atoms with Gasteiger partial charge in [-0.05, 0) is 23.3 Å². The van der Waals surface area contributed by atoms with Crippen molar-refractivity contribution < 1.29 is 0 Å². The molecule has 0 radical (unpaired) electrons. The van der Waals surface area contributed by atoms with Gasteiger partial charge in [0.25, 0.3) is 0 Å². The normalized spacial score (nSPS) is 21.3. The van der Waals surface area contributed by atoms with Crippen LogP contribution in [0.2, 0.25) is 0 Å². The Bertz CT molecular complexity index is 573. The minimum absolute atomic E-state index is 0.0356. The Hall–Kier alpha value is -2.02. The van der Waals surface area contributed by atoms with E-state index in [1.54, 1.807) is 0 Å². The Morgan fingerprint density at radius 2 is 1.68 bits per heavy atom. The SMILES string of the molecule is C=C/C=C1\C(=C/C=C)N(C)c2ccccc2C1(C)C. The molecule has 0 spiro atoms. The maximum Gasteiger partial charge on any atom is 0.0449 e. The summed E-state index contributed by atoms with van der Waals surface area (Å²) < 4.78 is 0. The van der Waals surface area contributed by atoms with Crippen molar-refractivity contribution in [3.63, 3.8) is 0 Å². The standard InChI is InChI=1S/C18H21N/c1-6-10-14-16(11-7-2)19(5)17-13-9-8-12-15(17)18(14,3)4/h6-13H,1-2H2,3-5H3/b14-10+,16-11+. The number of likely N-dealkylation sites (N-methyl/N-ethyl adjacent to an activating group) is 1. The summed E-state index contributed by atoms with van der Waals surface area (Å²) in [5.74, 6) is 0. The van der Waals surface area contributed by atoms with Crippen LogP contribution in [-0.2, 0) is 5.41 Å². The molecular weight excluding hydrogens is 230 g/mol. The average molecular weight is 251 g/mol. The van der Waals surface area contributed by atoms with Crippen LogP contribution in [0.4, 0.5) is 5.69 Å². The molecule has 98 valence electrons. The van der Waals surface area contributed by atoms with E-state index >= 15 is 0 Å². The lowest BCUT2D eigenvalue weighted by Crippen LogP contribution is -2.35. The fourth-order valence-electron chi connectivity index (χ4n) is 2.80. The number of anilines is 1. The molecule has 0 N–H and O–H groups in total. The number of hydrogen-bond acceptors (Lipinski definition) is 1. The lowest BCUT2D eigenvalue weighted by atomic mass is 9.72. The lowest BCUT2D eigenvalue weighted by Gasteiger charge is -2.42. The second kappa shape index (κ2) is 4.93. The van der Waals surface area contributed by atoms with Crippen molar-refractivity contribution in [2.75, 3.05) is 11.9 Å². The maximum absolute atomic E-state index is 3.85. The van der Waals surface area contributed by atoms with Crippen molar-refractivity contribution in [2.24, 2.45) is 0 Å². The maximum atomic E-state index is 3.85. The van der Waals surface area contributed by atoms with Gasteiger partial charge in [0.05, 0.1) is 0 Å². The first-order valence-corrected chi connectivity index (χ1v) is 6.53. The predicted octanol–water partition coefficient (Wildman–Crippen LogP) is 4.60. The van der Waals surface area contributed by atoms with Crippen molar-refractivity contribution in [3.8, 4) is 0 Å². The fourth-order valence-corrected chi connectivity index (χ4v) is 2.80. The monoisotopic (exact) mass is 251 g/mol. The van der Waals surface area contributed by atoms with Crippen LogP contribution in [-0.4, -0.2) is 7.05 Å². The Kier molecular flexibility index (Phi) is 3.48. The molecule has 1 heterocycles. The third-order valence-electron chi connectivity index (χ3n) is 3.81. The van der Waals surface area contributed by atoms with E-state index in [1.807, 2.05) is 12.2 Å². The molecule has 2 rings (SSSR count). The van der Waals surface area contributed by atoms with Gasteiger partial charge in [-0.2, -0.15) is 0 Å². The quantitative estimate of drug-likeness (QED) is 0.742. The molecule has 0 amide bonds. The summed E-state index contributed by atoms with van der Waals surface area (Å²) in [6, 6.07) is 8.55. The zero-order chi connectivity index (χ0) is 14.0. The summed E-state index contributed by atoms with van der Waals surface area (Å²) in [5.41, 5.74) is 5.00. The van der Waals surface area contributed by atoms with E-state index in [1.165, 1.54) is 22.5 Å². The second-order valence-corrected chi connectivity index (χ2v) is 5.30. The molecule has 1 aromatic carbocycles. The van der Waals surface area contributed by atoms with Crippen LogP contribution in [0.1, 0.15) is 19.4 Å². The van der Waals surface area contributed by atoms with Gasteiger partial charge in [0.15, 0.2) is 0 Å². The Labute approximate surface area is 116 Å². The molecule has 0 saturated heterocycles. The Morgan fingerprint density at radius 1 is 1.05 bits per heavy atom. The molecule has 1 aliphatic rings. The highest BCUT2D eigenvalue weighted by Gasteiger charge is 2.36. The molecule has 0 atom stereocenters. The number of hydrogen-bond donors (Lipinski definition) is 0. The first-order valence-electron chi connectivity index (χ1n) is 6.53. The summed E-state index contributed by atoms with van der Waals surface area (Å²) in [7, 11) is 2.10. The predicted molar refractivity (Wildman–Crippen MR) is 84.4 cm³/mol. The van der Waals surface area contributed by atoms with Gasteiger partial charge in [0, 0.05) is 23.8 Å². The van der Waals surface area contributed by atoms with E-state index in [9.17, 15) is 0 Å². The molecule has 1 aromatic rings. The van der Waals surface area contributed by atoms with Gasteiger partial charge >= 0.3 is 0 Å². The molecule has 1 heteroatoms. The third kappa shape index (κ3) is 2.06. The van der Waals surface area contributed by atoms with Crippen LogP contribution >= 0.6 is 0 Å². The summed E-state index contributed by atoms with van der Waals surface area (Å²) in [6.45, 7) is 12.2. The molecule has 0 aromatic heterocycles. The van der Waals surface area contributed by atoms with Crippen molar-refractivity contribution in [3.05, 3.63) is 78.6 Å². The van der Waals surface area contributed by atoms with E-state index < -0.39 is 0 Å². The van der Waals surface area contributed by atoms with Crippen molar-refractivity contribution in [1.29, 1.82) is 0 Å². The van der Waals surface area contributed by atoms with Crippen molar-refractivity contribution in [2.45, 2.75) is 19.3 Å². The van der Waals surface area contributed by atoms with Crippen LogP contribution in [0.25, 0.3) is 0 Å². The van der Waals surface area contributed by atoms with Crippen LogP contribution in [0.5, 0.6) is 0 Å². The molecule has 0 fully saturated rings. The summed E-state index contributed by atoms with van der Waals surface area (Å²) >= 11 is 0. The van der Waals surface area contributed by atoms with Gasteiger partial charge in [-0.1, -0.05) is 63.4 Å². The Morgan fingerprint density at radius 3 is 2.32 bits per heavy atom. The smallest absolute Gasteiger partial charge is 0.0449 e. The molecular formula is C18H21N. The van der Waals surface area contributed by atoms with Crippen LogP contribution in [0, 0.1) is 0 Å². The third-order valence-corrected chi connectivity index (χ3v) is 3.81. The zero-order valence-electron chi connectivity index (χ0n) is 12.0. The molecule has 0 bridgehead atoms. The topological polar surface area (TPSA) is 3.24 Å². The van der Waals surface area contributed by atoms with Gasteiger partial charge in [0.2, 0.25) is 0 Å². The molecule has 0 unspecified atom stereocenters. The van der Waals surface area contributed by atoms with Crippen LogP contribution in [0.15, 0.2) is 73.0 Å². The summed E-state index contributed by atoms with van der Waals surface area (Å²) in [5, 5.41) is 0. The number of para-hydroxylation sites is 1. The van der Waals surface area contributed by atoms with Crippen molar-refractivity contribution >= 4 is 5.69 Å². The van der Waals surface area contributed by atoms with Gasteiger partial charge in [0.1, 0.15) is 0 Å². The largest absolute Gasteiger partial charge is 0.344 e. The first-order chi connectivity index (χ1) is 9.04. The van der Waals surface area contributed by atoms with Crippen LogP contribution in [0.3, 0.4) is 0 Å². The number of allylic oxidation sites excluding steroid dienone is 5. The van der Waals surface area contributed by atoms with E-state index in [2.05, 4.69) is 75.4 Å². The summed E-state index contributed by atoms with van der Waals surface area (Å²) in [6.07, 6.45) is 7.86. The highest BCUT2D eigenvalue weighted by molar-refractivity contribution is 5.71. The second-order valence-electron chi connectivity index (χ2n) is 5.30. The number of benzene rings is 1. The minimum Gasteiger partial charge on any atom is -0.344 e. The van der Waals surface area contributed by atoms with Crippen molar-refractivity contribution in [1.82, 2.24) is 0 Å². The minimum atomic E-state index is -0.0356. The highest BCUT2D eigenvalue weighted by atomic mass is 15.1. The number of nitrogens with zero attached hydrogens (tertiary/aromatic N) is 1. The van der Waals surface area contributed by atoms with Crippen LogP contribution < -0.4 is 4.90 Å². The average Bonchev–Trinajstić information content (AvgIpc) is 2.40. The number of rotatable bonds is 2. The highest BCUT2D eigenvalue weighted by Crippen LogP contribution is 2.46. The van der Waals surface area contributed by atoms with Gasteiger partial charge < -0.3 is 4.90 Å². The van der Waals surface area contributed by atoms with E-state index in [0.717, 1.165) is 0 Å². The Balaban J connectivity index is 2.77. The first kappa shape index (κ1) is 13.4. The van der Waals surface area contributed by atoms with Gasteiger partial charge in [-0.3, -0.25) is 0 Å². The van der Waals surface area contributed by atoms with E-state index in [0.29, 0.717) is 0 Å².